The molecule has 232 valence electrons. The Morgan fingerprint density at radius 2 is 1.00 bits per heavy atom. The summed E-state index contributed by atoms with van der Waals surface area (Å²) in [5, 5.41) is 21.7. The van der Waals surface area contributed by atoms with Gasteiger partial charge < -0.3 is 20.8 Å². The van der Waals surface area contributed by atoms with Crippen molar-refractivity contribution < 1.29 is 46.1 Å². The molecule has 0 aliphatic rings. The number of hydrogen-bond acceptors (Lipinski definition) is 8. The van der Waals surface area contributed by atoms with Gasteiger partial charge in [-0.1, -0.05) is 12.1 Å². The first-order valence-corrected chi connectivity index (χ1v) is 12.6. The third-order valence-corrected chi connectivity index (χ3v) is 5.66. The van der Waals surface area contributed by atoms with Crippen molar-refractivity contribution in [3.8, 4) is 0 Å². The van der Waals surface area contributed by atoms with E-state index >= 15 is 0 Å². The summed E-state index contributed by atoms with van der Waals surface area (Å²) in [6.45, 7) is -1.82. The average Bonchev–Trinajstić information content (AvgIpc) is 2.99. The summed E-state index contributed by atoms with van der Waals surface area (Å²) in [7, 11) is 0. The van der Waals surface area contributed by atoms with Crippen molar-refractivity contribution in [3.63, 3.8) is 0 Å². The lowest BCUT2D eigenvalue weighted by Gasteiger charge is -2.17. The van der Waals surface area contributed by atoms with Crippen LogP contribution in [0.1, 0.15) is 22.5 Å². The van der Waals surface area contributed by atoms with Crippen LogP contribution in [-0.2, 0) is 34.3 Å². The Hall–Kier alpha value is -5.28. The van der Waals surface area contributed by atoms with Crippen molar-refractivity contribution in [2.75, 3.05) is 23.7 Å². The van der Waals surface area contributed by atoms with Crippen molar-refractivity contribution in [3.05, 3.63) is 107 Å². The lowest BCUT2D eigenvalue weighted by molar-refractivity contribution is -0.137. The van der Waals surface area contributed by atoms with Gasteiger partial charge in [0.1, 0.15) is 11.4 Å². The van der Waals surface area contributed by atoms with Gasteiger partial charge in [-0.25, -0.2) is 18.7 Å². The zero-order valence-electron chi connectivity index (χ0n) is 22.5. The number of aromatic nitrogens is 4. The van der Waals surface area contributed by atoms with E-state index in [4.69, 9.17) is 10.2 Å². The minimum atomic E-state index is -3.32. The molecule has 0 bridgehead atoms. The number of carboxylic acid groups (broad SMARTS) is 2. The highest BCUT2D eigenvalue weighted by Gasteiger charge is 2.34. The van der Waals surface area contributed by atoms with Crippen LogP contribution in [-0.4, -0.2) is 55.2 Å². The largest absolute Gasteiger partial charge is 0.481 e. The number of halogens is 6. The predicted molar refractivity (Wildman–Crippen MR) is 144 cm³/mol. The van der Waals surface area contributed by atoms with Crippen molar-refractivity contribution in [2.24, 2.45) is 0 Å². The number of anilines is 2. The molecule has 44 heavy (non-hydrogen) atoms. The summed E-state index contributed by atoms with van der Waals surface area (Å²) in [4.78, 5) is 35.5. The van der Waals surface area contributed by atoms with E-state index in [1.807, 2.05) is 0 Å². The molecule has 0 atom stereocenters. The van der Waals surface area contributed by atoms with Gasteiger partial charge in [0.2, 0.25) is 0 Å². The molecule has 0 aliphatic heterocycles. The maximum absolute atomic E-state index is 14.0. The number of aliphatic carboxylic acids is 2. The molecule has 0 amide bonds. The normalized spacial score (nSPS) is 11.2. The van der Waals surface area contributed by atoms with E-state index in [9.17, 15) is 35.9 Å². The molecule has 0 saturated carbocycles. The second-order valence-electron chi connectivity index (χ2n) is 8.95. The summed E-state index contributed by atoms with van der Waals surface area (Å²) in [5.41, 5.74) is -1.17. The molecule has 4 aromatic rings. The maximum Gasteiger partial charge on any atom is 0.307 e. The van der Waals surface area contributed by atoms with Crippen LogP contribution in [0.15, 0.2) is 73.3 Å². The van der Waals surface area contributed by atoms with E-state index in [1.54, 1.807) is 0 Å². The maximum atomic E-state index is 14.0. The monoisotopic (exact) mass is 622 g/mol. The highest BCUT2D eigenvalue weighted by Crippen LogP contribution is 2.28. The molecular formula is C28H24F6N6O4. The Bertz CT molecular complexity index is 1450. The summed E-state index contributed by atoms with van der Waals surface area (Å²) in [5.74, 6) is -11.9. The average molecular weight is 623 g/mol. The number of rotatable bonds is 12. The van der Waals surface area contributed by atoms with Crippen molar-refractivity contribution in [1.82, 2.24) is 19.9 Å². The fraction of sp³-hybridized carbons (Fsp3) is 0.214. The zero-order chi connectivity index (χ0) is 32.3. The fourth-order valence-corrected chi connectivity index (χ4v) is 3.54. The quantitative estimate of drug-likeness (QED) is 0.161. The van der Waals surface area contributed by atoms with Crippen LogP contribution in [0, 0.1) is 11.6 Å². The van der Waals surface area contributed by atoms with Gasteiger partial charge in [-0.3, -0.25) is 19.6 Å². The van der Waals surface area contributed by atoms with E-state index in [-0.39, 0.29) is 11.1 Å². The molecular weight excluding hydrogens is 598 g/mol. The Morgan fingerprint density at radius 1 is 0.614 bits per heavy atom. The topological polar surface area (TPSA) is 150 Å². The van der Waals surface area contributed by atoms with E-state index in [1.165, 1.54) is 48.8 Å². The molecule has 0 spiro atoms. The predicted octanol–water partition coefficient (Wildman–Crippen LogP) is 4.89. The van der Waals surface area contributed by atoms with Crippen molar-refractivity contribution in [2.45, 2.75) is 24.7 Å². The van der Waals surface area contributed by atoms with Gasteiger partial charge in [0.05, 0.1) is 25.9 Å². The molecule has 0 radical (unpaired) electrons. The molecule has 0 saturated heterocycles. The molecule has 4 aromatic heterocycles. The third-order valence-electron chi connectivity index (χ3n) is 5.66. The second kappa shape index (κ2) is 14.8. The van der Waals surface area contributed by atoms with Crippen LogP contribution < -0.4 is 10.6 Å². The van der Waals surface area contributed by atoms with Gasteiger partial charge in [-0.05, 0) is 36.4 Å². The van der Waals surface area contributed by atoms with E-state index < -0.39 is 84.4 Å². The van der Waals surface area contributed by atoms with Gasteiger partial charge >= 0.3 is 23.8 Å². The van der Waals surface area contributed by atoms with E-state index in [0.29, 0.717) is 0 Å². The number of alkyl halides is 4. The Kier molecular flexibility index (Phi) is 11.1. The standard InChI is InChI=1S/2C14H12F3N3O2/c2*15-12-9(7-11(21)22)4-6-19-13(12)20-8-14(16,17)10-3-1-2-5-18-10/h2*1-6H,7-8H2,(H,19,20)(H,21,22). The number of nitrogens with one attached hydrogen (secondary N) is 2. The SMILES string of the molecule is O=C(O)Cc1ccnc(NCC(F)(F)c2ccccn2)c1F.O=C(O)Cc1ccnc(NCC(F)(F)c2ccccn2)c1F. The number of carbonyl (C=O) groups is 2. The lowest BCUT2D eigenvalue weighted by Crippen LogP contribution is -2.26. The van der Waals surface area contributed by atoms with Crippen LogP contribution in [0.5, 0.6) is 0 Å². The highest BCUT2D eigenvalue weighted by molar-refractivity contribution is 5.71. The van der Waals surface area contributed by atoms with Gasteiger partial charge in [0.15, 0.2) is 23.3 Å². The third kappa shape index (κ3) is 9.37. The molecule has 0 aliphatic carbocycles. The molecule has 4 heterocycles. The number of carboxylic acids is 2. The summed E-state index contributed by atoms with van der Waals surface area (Å²) in [6.07, 6.45) is 3.66. The molecule has 4 rings (SSSR count). The van der Waals surface area contributed by atoms with Crippen LogP contribution in [0.25, 0.3) is 0 Å². The zero-order valence-corrected chi connectivity index (χ0v) is 22.5. The molecule has 0 fully saturated rings. The van der Waals surface area contributed by atoms with Crippen LogP contribution in [0.2, 0.25) is 0 Å². The van der Waals surface area contributed by atoms with Gasteiger partial charge in [-0.15, -0.1) is 0 Å². The lowest BCUT2D eigenvalue weighted by atomic mass is 10.1. The highest BCUT2D eigenvalue weighted by atomic mass is 19.3. The minimum Gasteiger partial charge on any atom is -0.481 e. The molecule has 0 aromatic carbocycles. The van der Waals surface area contributed by atoms with Crippen molar-refractivity contribution >= 4 is 23.6 Å². The van der Waals surface area contributed by atoms with Gasteiger partial charge in [0.25, 0.3) is 0 Å². The second-order valence-corrected chi connectivity index (χ2v) is 8.95. The summed E-state index contributed by atoms with van der Waals surface area (Å²) in [6, 6.07) is 10.5. The number of nitrogens with zero attached hydrogens (tertiary/aromatic N) is 4. The van der Waals surface area contributed by atoms with Gasteiger partial charge in [0, 0.05) is 35.9 Å². The Labute approximate surface area is 245 Å². The number of pyridine rings is 4. The molecule has 0 unspecified atom stereocenters. The van der Waals surface area contributed by atoms with E-state index in [0.717, 1.165) is 24.5 Å². The first-order chi connectivity index (χ1) is 20.8. The minimum absolute atomic E-state index is 0.133. The first-order valence-electron chi connectivity index (χ1n) is 12.6. The van der Waals surface area contributed by atoms with E-state index in [2.05, 4.69) is 30.6 Å². The Morgan fingerprint density at radius 3 is 1.32 bits per heavy atom. The summed E-state index contributed by atoms with van der Waals surface area (Å²) >= 11 is 0. The van der Waals surface area contributed by atoms with Crippen LogP contribution in [0.4, 0.5) is 38.0 Å². The smallest absolute Gasteiger partial charge is 0.307 e. The molecule has 10 nitrogen and oxygen atoms in total. The number of hydrogen-bond donors (Lipinski definition) is 4. The fourth-order valence-electron chi connectivity index (χ4n) is 3.54. The summed E-state index contributed by atoms with van der Waals surface area (Å²) < 4.78 is 83.6. The molecule has 4 N–H and O–H groups in total. The molecule has 16 heteroatoms. The van der Waals surface area contributed by atoms with Crippen LogP contribution >= 0.6 is 0 Å². The first kappa shape index (κ1) is 33.2. The van der Waals surface area contributed by atoms with Crippen LogP contribution in [0.3, 0.4) is 0 Å². The Balaban J connectivity index is 0.000000240. The van der Waals surface area contributed by atoms with Crippen molar-refractivity contribution in [1.29, 1.82) is 0 Å². The van der Waals surface area contributed by atoms with Gasteiger partial charge in [-0.2, -0.15) is 17.6 Å².